The lowest BCUT2D eigenvalue weighted by Crippen LogP contribution is -2.24. The van der Waals surface area contributed by atoms with Gasteiger partial charge >= 0.3 is 0 Å². The molecular formula is C24H18Cl2FN3O2. The van der Waals surface area contributed by atoms with Gasteiger partial charge in [-0.2, -0.15) is 5.10 Å². The zero-order valence-electron chi connectivity index (χ0n) is 16.8. The van der Waals surface area contributed by atoms with E-state index in [0.717, 1.165) is 22.0 Å². The zero-order valence-corrected chi connectivity index (χ0v) is 18.3. The summed E-state index contributed by atoms with van der Waals surface area (Å²) in [6.07, 6.45) is 3.51. The Morgan fingerprint density at radius 3 is 2.78 bits per heavy atom. The number of halogens is 3. The van der Waals surface area contributed by atoms with Crippen molar-refractivity contribution in [3.05, 3.63) is 99.9 Å². The highest BCUT2D eigenvalue weighted by molar-refractivity contribution is 6.35. The molecule has 1 N–H and O–H groups in total. The van der Waals surface area contributed by atoms with Gasteiger partial charge in [-0.05, 0) is 59.7 Å². The number of aromatic nitrogens is 1. The fourth-order valence-corrected chi connectivity index (χ4v) is 3.68. The Hall–Kier alpha value is -3.35. The van der Waals surface area contributed by atoms with Gasteiger partial charge in [0.15, 0.2) is 6.61 Å². The Morgan fingerprint density at radius 2 is 1.97 bits per heavy atom. The first-order valence-corrected chi connectivity index (χ1v) is 10.5. The summed E-state index contributed by atoms with van der Waals surface area (Å²) in [6.45, 7) is 0.336. The molecule has 5 nitrogen and oxygen atoms in total. The van der Waals surface area contributed by atoms with E-state index in [9.17, 15) is 9.18 Å². The second-order valence-electron chi connectivity index (χ2n) is 7.05. The first-order valence-electron chi connectivity index (χ1n) is 9.71. The summed E-state index contributed by atoms with van der Waals surface area (Å²) < 4.78 is 20.9. The van der Waals surface area contributed by atoms with Crippen LogP contribution in [0.3, 0.4) is 0 Å². The fraction of sp³-hybridized carbons (Fsp3) is 0.0833. The number of fused-ring (bicyclic) bond motifs is 1. The molecule has 0 unspecified atom stereocenters. The van der Waals surface area contributed by atoms with Crippen LogP contribution in [0.4, 0.5) is 4.39 Å². The molecule has 1 amide bonds. The molecule has 1 aromatic heterocycles. The van der Waals surface area contributed by atoms with E-state index in [1.807, 2.05) is 41.1 Å². The molecule has 0 aliphatic carbocycles. The Labute approximate surface area is 194 Å². The molecule has 4 rings (SSSR count). The van der Waals surface area contributed by atoms with Gasteiger partial charge in [0.05, 0.1) is 11.2 Å². The Balaban J connectivity index is 1.35. The van der Waals surface area contributed by atoms with E-state index >= 15 is 0 Å². The van der Waals surface area contributed by atoms with E-state index in [1.54, 1.807) is 24.4 Å². The van der Waals surface area contributed by atoms with Gasteiger partial charge in [-0.25, -0.2) is 9.82 Å². The quantitative estimate of drug-likeness (QED) is 0.280. The number of benzene rings is 3. The lowest BCUT2D eigenvalue weighted by Gasteiger charge is -2.07. The predicted octanol–water partition coefficient (Wildman–Crippen LogP) is 5.66. The summed E-state index contributed by atoms with van der Waals surface area (Å²) in [6, 6.07) is 19.1. The third kappa shape index (κ3) is 5.46. The van der Waals surface area contributed by atoms with Crippen molar-refractivity contribution in [2.45, 2.75) is 6.54 Å². The minimum absolute atomic E-state index is 0.235. The van der Waals surface area contributed by atoms with E-state index in [-0.39, 0.29) is 12.4 Å². The maximum atomic E-state index is 13.4. The minimum Gasteiger partial charge on any atom is -0.482 e. The molecule has 0 radical (unpaired) electrons. The van der Waals surface area contributed by atoms with E-state index in [0.29, 0.717) is 22.3 Å². The zero-order chi connectivity index (χ0) is 22.5. The SMILES string of the molecule is O=C(COc1ccc(Cl)cc1Cl)N/N=C\c1ccc2c(ccn2Cc2cccc(F)c2)c1. The molecule has 1 heterocycles. The lowest BCUT2D eigenvalue weighted by molar-refractivity contribution is -0.123. The standard InChI is InChI=1S/C24H18Cl2FN3O2/c25-19-5-7-23(21(26)12-19)32-15-24(31)29-28-13-16-4-6-22-18(10-16)8-9-30(22)14-17-2-1-3-20(27)11-17/h1-13H,14-15H2,(H,29,31)/b28-13-. The first kappa shape index (κ1) is 21.9. The second-order valence-corrected chi connectivity index (χ2v) is 7.89. The Bertz CT molecular complexity index is 1300. The highest BCUT2D eigenvalue weighted by Crippen LogP contribution is 2.27. The molecule has 162 valence electrons. The molecule has 0 aliphatic rings. The highest BCUT2D eigenvalue weighted by atomic mass is 35.5. The molecule has 0 bridgehead atoms. The lowest BCUT2D eigenvalue weighted by atomic mass is 10.1. The van der Waals surface area contributed by atoms with E-state index in [4.69, 9.17) is 27.9 Å². The largest absolute Gasteiger partial charge is 0.482 e. The smallest absolute Gasteiger partial charge is 0.277 e. The minimum atomic E-state index is -0.422. The van der Waals surface area contributed by atoms with Crippen molar-refractivity contribution in [1.29, 1.82) is 0 Å². The summed E-state index contributed by atoms with van der Waals surface area (Å²) in [7, 11) is 0. The Morgan fingerprint density at radius 1 is 1.09 bits per heavy atom. The predicted molar refractivity (Wildman–Crippen MR) is 125 cm³/mol. The van der Waals surface area contributed by atoms with Crippen molar-refractivity contribution in [2.75, 3.05) is 6.61 Å². The number of hydrogen-bond donors (Lipinski definition) is 1. The van der Waals surface area contributed by atoms with Crippen LogP contribution >= 0.6 is 23.2 Å². The number of carbonyl (C=O) groups is 1. The van der Waals surface area contributed by atoms with Gasteiger partial charge in [-0.15, -0.1) is 0 Å². The molecule has 0 atom stereocenters. The van der Waals surface area contributed by atoms with Crippen LogP contribution in [-0.4, -0.2) is 23.3 Å². The summed E-state index contributed by atoms with van der Waals surface area (Å²) in [5.74, 6) is -0.306. The molecule has 32 heavy (non-hydrogen) atoms. The molecule has 0 saturated carbocycles. The number of nitrogens with one attached hydrogen (secondary N) is 1. The van der Waals surface area contributed by atoms with Crippen molar-refractivity contribution in [3.63, 3.8) is 0 Å². The van der Waals surface area contributed by atoms with Gasteiger partial charge in [-0.3, -0.25) is 4.79 Å². The normalized spacial score (nSPS) is 11.2. The molecular weight excluding hydrogens is 452 g/mol. The van der Waals surface area contributed by atoms with Crippen LogP contribution in [0.15, 0.2) is 78.0 Å². The van der Waals surface area contributed by atoms with E-state index < -0.39 is 5.91 Å². The van der Waals surface area contributed by atoms with Crippen molar-refractivity contribution in [2.24, 2.45) is 5.10 Å². The molecule has 3 aromatic carbocycles. The summed E-state index contributed by atoms with van der Waals surface area (Å²) in [5, 5.41) is 5.80. The van der Waals surface area contributed by atoms with Crippen molar-refractivity contribution < 1.29 is 13.9 Å². The molecule has 0 aliphatic heterocycles. The summed E-state index contributed by atoms with van der Waals surface area (Å²) >= 11 is 11.8. The van der Waals surface area contributed by atoms with Crippen LogP contribution in [-0.2, 0) is 11.3 Å². The number of amides is 1. The van der Waals surface area contributed by atoms with Crippen LogP contribution in [0.5, 0.6) is 5.75 Å². The second kappa shape index (κ2) is 9.85. The van der Waals surface area contributed by atoms with Gasteiger partial charge < -0.3 is 9.30 Å². The van der Waals surface area contributed by atoms with Gasteiger partial charge in [0, 0.05) is 28.7 Å². The molecule has 0 fully saturated rings. The van der Waals surface area contributed by atoms with Crippen molar-refractivity contribution >= 4 is 46.2 Å². The molecule has 0 spiro atoms. The monoisotopic (exact) mass is 469 g/mol. The summed E-state index contributed by atoms with van der Waals surface area (Å²) in [4.78, 5) is 11.9. The van der Waals surface area contributed by atoms with Crippen molar-refractivity contribution in [3.8, 4) is 5.75 Å². The summed E-state index contributed by atoms with van der Waals surface area (Å²) in [5.41, 5.74) is 5.15. The van der Waals surface area contributed by atoms with Crippen LogP contribution in [0, 0.1) is 5.82 Å². The van der Waals surface area contributed by atoms with Crippen LogP contribution < -0.4 is 10.2 Å². The molecule has 8 heteroatoms. The third-order valence-electron chi connectivity index (χ3n) is 4.69. The maximum Gasteiger partial charge on any atom is 0.277 e. The maximum absolute atomic E-state index is 13.4. The topological polar surface area (TPSA) is 55.6 Å². The van der Waals surface area contributed by atoms with Crippen LogP contribution in [0.1, 0.15) is 11.1 Å². The van der Waals surface area contributed by atoms with Gasteiger partial charge in [0.2, 0.25) is 0 Å². The van der Waals surface area contributed by atoms with Gasteiger partial charge in [-0.1, -0.05) is 41.4 Å². The average Bonchev–Trinajstić information content (AvgIpc) is 3.15. The van der Waals surface area contributed by atoms with Gasteiger partial charge in [0.1, 0.15) is 11.6 Å². The fourth-order valence-electron chi connectivity index (χ4n) is 3.22. The number of carbonyl (C=O) groups excluding carboxylic acids is 1. The van der Waals surface area contributed by atoms with E-state index in [1.165, 1.54) is 18.2 Å². The van der Waals surface area contributed by atoms with Crippen LogP contribution in [0.2, 0.25) is 10.0 Å². The number of hydrazone groups is 1. The molecule has 0 saturated heterocycles. The average molecular weight is 470 g/mol. The van der Waals surface area contributed by atoms with Crippen molar-refractivity contribution in [1.82, 2.24) is 9.99 Å². The molecule has 4 aromatic rings. The van der Waals surface area contributed by atoms with Crippen LogP contribution in [0.25, 0.3) is 10.9 Å². The number of rotatable bonds is 7. The number of hydrogen-bond acceptors (Lipinski definition) is 3. The van der Waals surface area contributed by atoms with E-state index in [2.05, 4.69) is 10.5 Å². The number of nitrogens with zero attached hydrogens (tertiary/aromatic N) is 2. The van der Waals surface area contributed by atoms with Gasteiger partial charge in [0.25, 0.3) is 5.91 Å². The first-order chi connectivity index (χ1) is 15.5. The Kier molecular flexibility index (Phi) is 6.73. The third-order valence-corrected chi connectivity index (χ3v) is 5.22. The number of ether oxygens (including phenoxy) is 1. The highest BCUT2D eigenvalue weighted by Gasteiger charge is 2.06.